The summed E-state index contributed by atoms with van der Waals surface area (Å²) < 4.78 is 7.72. The lowest BCUT2D eigenvalue weighted by molar-refractivity contribution is 0.257. The molecule has 0 aliphatic heterocycles. The van der Waals surface area contributed by atoms with E-state index in [9.17, 15) is 4.79 Å². The predicted molar refractivity (Wildman–Crippen MR) is 73.4 cm³/mol. The van der Waals surface area contributed by atoms with E-state index in [1.54, 1.807) is 6.07 Å². The van der Waals surface area contributed by atoms with Crippen molar-refractivity contribution < 1.29 is 9.32 Å². The Morgan fingerprint density at radius 3 is 3.06 bits per heavy atom. The van der Waals surface area contributed by atoms with E-state index in [1.807, 2.05) is 25.1 Å². The van der Waals surface area contributed by atoms with Crippen molar-refractivity contribution in [1.29, 1.82) is 0 Å². The third-order valence-corrected chi connectivity index (χ3v) is 3.06. The lowest BCUT2D eigenvalue weighted by Crippen LogP contribution is -2.23. The summed E-state index contributed by atoms with van der Waals surface area (Å²) in [5.74, 6) is 1.09. The average Bonchev–Trinajstić information content (AvgIpc) is 2.72. The zero-order chi connectivity index (χ0) is 13.0. The molecule has 0 spiro atoms. The van der Waals surface area contributed by atoms with Crippen LogP contribution in [0.15, 0.2) is 40.9 Å². The maximum Gasteiger partial charge on any atom is 0.330 e. The van der Waals surface area contributed by atoms with E-state index in [4.69, 9.17) is 4.52 Å². The molecule has 0 saturated carbocycles. The highest BCUT2D eigenvalue weighted by molar-refractivity contribution is 7.98. The molecular weight excluding hydrogens is 250 g/mol. The molecule has 2 aromatic rings. The number of amides is 2. The standard InChI is InChI=1S/C12H13N3O2S/c1-8(2)7-18-15-12(16)13-11-9-5-3-4-6-10(9)17-14-11/h3-6H,1,7H2,2H3,(H2,13,14,15,16). The molecule has 5 nitrogen and oxygen atoms in total. The van der Waals surface area contributed by atoms with E-state index in [2.05, 4.69) is 21.8 Å². The van der Waals surface area contributed by atoms with Crippen molar-refractivity contribution in [3.63, 3.8) is 0 Å². The lowest BCUT2D eigenvalue weighted by atomic mass is 10.2. The molecule has 94 valence electrons. The highest BCUT2D eigenvalue weighted by Gasteiger charge is 2.10. The largest absolute Gasteiger partial charge is 0.354 e. The fourth-order valence-corrected chi connectivity index (χ4v) is 1.83. The van der Waals surface area contributed by atoms with Gasteiger partial charge in [-0.05, 0) is 31.0 Å². The molecule has 6 heteroatoms. The summed E-state index contributed by atoms with van der Waals surface area (Å²) in [4.78, 5) is 11.6. The summed E-state index contributed by atoms with van der Waals surface area (Å²) in [6.07, 6.45) is 0. The van der Waals surface area contributed by atoms with Crippen LogP contribution in [0.1, 0.15) is 6.92 Å². The second-order valence-electron chi connectivity index (χ2n) is 3.83. The first-order valence-electron chi connectivity index (χ1n) is 5.34. The van der Waals surface area contributed by atoms with Gasteiger partial charge in [-0.1, -0.05) is 29.4 Å². The van der Waals surface area contributed by atoms with Gasteiger partial charge in [-0.25, -0.2) is 4.79 Å². The molecule has 2 amide bonds. The van der Waals surface area contributed by atoms with Crippen LogP contribution in [0.3, 0.4) is 0 Å². The normalized spacial score (nSPS) is 10.3. The molecule has 18 heavy (non-hydrogen) atoms. The topological polar surface area (TPSA) is 67.2 Å². The first-order chi connectivity index (χ1) is 8.66. The van der Waals surface area contributed by atoms with Gasteiger partial charge in [-0.15, -0.1) is 0 Å². The number of carbonyl (C=O) groups is 1. The third kappa shape index (κ3) is 3.04. The van der Waals surface area contributed by atoms with Crippen molar-refractivity contribution in [2.75, 3.05) is 11.1 Å². The fraction of sp³-hybridized carbons (Fsp3) is 0.167. The van der Waals surface area contributed by atoms with Crippen molar-refractivity contribution in [3.8, 4) is 0 Å². The number of urea groups is 1. The molecule has 0 atom stereocenters. The minimum absolute atomic E-state index is 0.333. The number of rotatable bonds is 4. The molecule has 0 aliphatic carbocycles. The minimum Gasteiger partial charge on any atom is -0.354 e. The van der Waals surface area contributed by atoms with Crippen LogP contribution in [0.5, 0.6) is 0 Å². The summed E-state index contributed by atoms with van der Waals surface area (Å²) >= 11 is 1.28. The third-order valence-electron chi connectivity index (χ3n) is 2.09. The first kappa shape index (κ1) is 12.5. The number of aromatic nitrogens is 1. The van der Waals surface area contributed by atoms with Crippen LogP contribution in [0, 0.1) is 0 Å². The van der Waals surface area contributed by atoms with Gasteiger partial charge in [-0.2, -0.15) is 0 Å². The zero-order valence-corrected chi connectivity index (χ0v) is 10.7. The van der Waals surface area contributed by atoms with Gasteiger partial charge in [0.25, 0.3) is 0 Å². The summed E-state index contributed by atoms with van der Waals surface area (Å²) in [7, 11) is 0. The molecule has 2 N–H and O–H groups in total. The Labute approximate surface area is 109 Å². The molecule has 1 aromatic carbocycles. The fourth-order valence-electron chi connectivity index (χ4n) is 1.33. The summed E-state index contributed by atoms with van der Waals surface area (Å²) in [5.41, 5.74) is 1.63. The van der Waals surface area contributed by atoms with Gasteiger partial charge in [0.1, 0.15) is 0 Å². The number of benzene rings is 1. The van der Waals surface area contributed by atoms with Crippen LogP contribution < -0.4 is 10.0 Å². The van der Waals surface area contributed by atoms with E-state index < -0.39 is 0 Å². The number of fused-ring (bicyclic) bond motifs is 1. The second-order valence-corrected chi connectivity index (χ2v) is 4.61. The van der Waals surface area contributed by atoms with Crippen LogP contribution in [-0.4, -0.2) is 16.9 Å². The number of nitrogens with one attached hydrogen (secondary N) is 2. The summed E-state index contributed by atoms with van der Waals surface area (Å²) in [5, 5.41) is 7.21. The molecule has 0 saturated heterocycles. The highest BCUT2D eigenvalue weighted by Crippen LogP contribution is 2.21. The second kappa shape index (κ2) is 5.59. The Kier molecular flexibility index (Phi) is 3.88. The smallest absolute Gasteiger partial charge is 0.330 e. The van der Waals surface area contributed by atoms with Crippen molar-refractivity contribution in [3.05, 3.63) is 36.4 Å². The van der Waals surface area contributed by atoms with Crippen LogP contribution in [0.4, 0.5) is 10.6 Å². The Hall–Kier alpha value is -1.95. The van der Waals surface area contributed by atoms with Crippen molar-refractivity contribution in [2.24, 2.45) is 0 Å². The van der Waals surface area contributed by atoms with Gasteiger partial charge in [0.05, 0.1) is 5.39 Å². The van der Waals surface area contributed by atoms with E-state index in [1.165, 1.54) is 11.9 Å². The molecule has 0 bridgehead atoms. The van der Waals surface area contributed by atoms with E-state index >= 15 is 0 Å². The van der Waals surface area contributed by atoms with E-state index in [0.29, 0.717) is 17.2 Å². The minimum atomic E-state index is -0.333. The van der Waals surface area contributed by atoms with Crippen molar-refractivity contribution in [1.82, 2.24) is 9.88 Å². The highest BCUT2D eigenvalue weighted by atomic mass is 32.2. The van der Waals surface area contributed by atoms with Gasteiger partial charge < -0.3 is 4.52 Å². The maximum absolute atomic E-state index is 11.6. The molecule has 1 aromatic heterocycles. The number of anilines is 1. The number of hydrogen-bond donors (Lipinski definition) is 2. The molecule has 0 aliphatic rings. The molecular formula is C12H13N3O2S. The van der Waals surface area contributed by atoms with Gasteiger partial charge in [0.2, 0.25) is 0 Å². The molecule has 0 unspecified atom stereocenters. The Morgan fingerprint density at radius 2 is 2.28 bits per heavy atom. The molecule has 0 radical (unpaired) electrons. The Bertz CT molecular complexity index is 579. The SMILES string of the molecule is C=C(C)CSNC(=O)Nc1noc2ccccc12. The van der Waals surface area contributed by atoms with Crippen LogP contribution >= 0.6 is 11.9 Å². The number of nitrogens with zero attached hydrogens (tertiary/aromatic N) is 1. The Morgan fingerprint density at radius 1 is 1.50 bits per heavy atom. The maximum atomic E-state index is 11.6. The number of carbonyl (C=O) groups excluding carboxylic acids is 1. The summed E-state index contributed by atoms with van der Waals surface area (Å²) in [6, 6.07) is 7.00. The van der Waals surface area contributed by atoms with Crippen LogP contribution in [0.2, 0.25) is 0 Å². The molecule has 2 rings (SSSR count). The van der Waals surface area contributed by atoms with Gasteiger partial charge in [0.15, 0.2) is 11.4 Å². The number of hydrogen-bond acceptors (Lipinski definition) is 4. The lowest BCUT2D eigenvalue weighted by Gasteiger charge is -2.04. The van der Waals surface area contributed by atoms with Crippen molar-refractivity contribution >= 4 is 34.8 Å². The van der Waals surface area contributed by atoms with Crippen LogP contribution in [-0.2, 0) is 0 Å². The number of para-hydroxylation sites is 1. The van der Waals surface area contributed by atoms with Gasteiger partial charge in [0, 0.05) is 5.75 Å². The average molecular weight is 263 g/mol. The monoisotopic (exact) mass is 263 g/mol. The Balaban J connectivity index is 1.97. The predicted octanol–water partition coefficient (Wildman–Crippen LogP) is 3.17. The van der Waals surface area contributed by atoms with Gasteiger partial charge in [-0.3, -0.25) is 10.0 Å². The molecule has 1 heterocycles. The van der Waals surface area contributed by atoms with Crippen LogP contribution in [0.25, 0.3) is 11.0 Å². The zero-order valence-electron chi connectivity index (χ0n) is 9.90. The quantitative estimate of drug-likeness (QED) is 0.656. The summed E-state index contributed by atoms with van der Waals surface area (Å²) in [6.45, 7) is 5.65. The first-order valence-corrected chi connectivity index (χ1v) is 6.33. The molecule has 0 fully saturated rings. The van der Waals surface area contributed by atoms with Gasteiger partial charge >= 0.3 is 6.03 Å². The van der Waals surface area contributed by atoms with Crippen molar-refractivity contribution in [2.45, 2.75) is 6.92 Å². The van der Waals surface area contributed by atoms with E-state index in [0.717, 1.165) is 11.0 Å². The van der Waals surface area contributed by atoms with E-state index in [-0.39, 0.29) is 6.03 Å².